The van der Waals surface area contributed by atoms with Crippen LogP contribution in [0.2, 0.25) is 0 Å². The van der Waals surface area contributed by atoms with E-state index in [-0.39, 0.29) is 5.56 Å². The van der Waals surface area contributed by atoms with E-state index in [0.29, 0.717) is 15.7 Å². The van der Waals surface area contributed by atoms with Crippen LogP contribution in [-0.2, 0) is 0 Å². The van der Waals surface area contributed by atoms with E-state index in [1.165, 1.54) is 29.2 Å². The van der Waals surface area contributed by atoms with Crippen molar-refractivity contribution in [3.63, 3.8) is 0 Å². The van der Waals surface area contributed by atoms with Crippen LogP contribution in [0.4, 0.5) is 0 Å². The molecular formula is C10H8N2O2S2. The maximum atomic E-state index is 11.2. The Labute approximate surface area is 99.7 Å². The maximum Gasteiger partial charge on any atom is 0.251 e. The first-order valence-electron chi connectivity index (χ1n) is 4.48. The normalized spacial score (nSPS) is 10.3. The molecule has 4 nitrogen and oxygen atoms in total. The molecule has 0 aliphatic heterocycles. The second-order valence-corrected chi connectivity index (χ2v) is 5.47. The summed E-state index contributed by atoms with van der Waals surface area (Å²) in [4.78, 5) is 29.2. The van der Waals surface area contributed by atoms with Gasteiger partial charge in [-0.15, -0.1) is 11.3 Å². The van der Waals surface area contributed by atoms with E-state index in [1.807, 2.05) is 6.07 Å². The molecule has 2 rings (SSSR count). The Morgan fingerprint density at radius 2 is 2.31 bits per heavy atom. The van der Waals surface area contributed by atoms with Crippen molar-refractivity contribution in [2.45, 2.75) is 16.3 Å². The van der Waals surface area contributed by atoms with Gasteiger partial charge in [-0.25, -0.2) is 4.98 Å². The van der Waals surface area contributed by atoms with E-state index in [2.05, 4.69) is 9.97 Å². The van der Waals surface area contributed by atoms with Gasteiger partial charge in [0.15, 0.2) is 11.4 Å². The van der Waals surface area contributed by atoms with Crippen molar-refractivity contribution in [1.82, 2.24) is 9.97 Å². The molecule has 2 aromatic rings. The van der Waals surface area contributed by atoms with E-state index in [0.717, 1.165) is 10.5 Å². The smallest absolute Gasteiger partial charge is 0.251 e. The van der Waals surface area contributed by atoms with E-state index < -0.39 is 0 Å². The van der Waals surface area contributed by atoms with Gasteiger partial charge in [0, 0.05) is 11.8 Å². The van der Waals surface area contributed by atoms with Crippen molar-refractivity contribution in [3.05, 3.63) is 39.1 Å². The summed E-state index contributed by atoms with van der Waals surface area (Å²) in [7, 11) is 0. The molecule has 0 saturated heterocycles. The van der Waals surface area contributed by atoms with Gasteiger partial charge in [0.25, 0.3) is 5.56 Å². The summed E-state index contributed by atoms with van der Waals surface area (Å²) in [6.07, 6.45) is 0.807. The average molecular weight is 252 g/mol. The van der Waals surface area contributed by atoms with Crippen LogP contribution >= 0.6 is 23.1 Å². The van der Waals surface area contributed by atoms with Gasteiger partial charge in [0.2, 0.25) is 0 Å². The second-order valence-electron chi connectivity index (χ2n) is 3.07. The molecule has 2 aromatic heterocycles. The van der Waals surface area contributed by atoms with E-state index in [9.17, 15) is 9.59 Å². The maximum absolute atomic E-state index is 11.2. The first kappa shape index (κ1) is 11.1. The van der Waals surface area contributed by atoms with Crippen LogP contribution in [0.25, 0.3) is 0 Å². The van der Waals surface area contributed by atoms with Crippen LogP contribution in [0.5, 0.6) is 0 Å². The van der Waals surface area contributed by atoms with Crippen LogP contribution in [0.15, 0.2) is 32.4 Å². The van der Waals surface area contributed by atoms with Crippen LogP contribution in [0.1, 0.15) is 15.4 Å². The number of aromatic nitrogens is 2. The molecule has 16 heavy (non-hydrogen) atoms. The summed E-state index contributed by atoms with van der Waals surface area (Å²) in [6, 6.07) is 5.02. The van der Waals surface area contributed by atoms with Crippen molar-refractivity contribution in [1.29, 1.82) is 0 Å². The quantitative estimate of drug-likeness (QED) is 0.671. The molecule has 0 saturated carbocycles. The molecule has 0 amide bonds. The Balaban J connectivity index is 2.26. The Morgan fingerprint density at radius 3 is 2.94 bits per heavy atom. The van der Waals surface area contributed by atoms with Crippen LogP contribution < -0.4 is 5.56 Å². The first-order valence-corrected chi connectivity index (χ1v) is 6.11. The molecule has 6 heteroatoms. The van der Waals surface area contributed by atoms with Crippen molar-refractivity contribution < 1.29 is 4.79 Å². The van der Waals surface area contributed by atoms with Crippen molar-refractivity contribution >= 4 is 29.4 Å². The number of hydrogen-bond acceptors (Lipinski definition) is 5. The lowest BCUT2D eigenvalue weighted by Gasteiger charge is -1.98. The molecule has 1 N–H and O–H groups in total. The lowest BCUT2D eigenvalue weighted by atomic mass is 10.5. The van der Waals surface area contributed by atoms with Gasteiger partial charge in [-0.3, -0.25) is 9.59 Å². The molecule has 82 valence electrons. The minimum Gasteiger partial charge on any atom is -0.301 e. The monoisotopic (exact) mass is 252 g/mol. The van der Waals surface area contributed by atoms with Gasteiger partial charge in [0.05, 0.1) is 9.09 Å². The van der Waals surface area contributed by atoms with Gasteiger partial charge in [-0.2, -0.15) is 0 Å². The fourth-order valence-corrected chi connectivity index (χ4v) is 3.06. The second kappa shape index (κ2) is 4.63. The van der Waals surface area contributed by atoms with E-state index >= 15 is 0 Å². The standard InChI is InChI=1S/C10H8N2O2S2/c1-6-4-8(14)12-10(11-6)16-9-3-2-7(5-13)15-9/h2-5H,1H3,(H,11,12,14). The zero-order valence-electron chi connectivity index (χ0n) is 8.39. The number of hydrogen-bond donors (Lipinski definition) is 1. The summed E-state index contributed by atoms with van der Waals surface area (Å²) >= 11 is 2.72. The topological polar surface area (TPSA) is 62.8 Å². The van der Waals surface area contributed by atoms with E-state index in [4.69, 9.17) is 0 Å². The number of nitrogens with zero attached hydrogens (tertiary/aromatic N) is 1. The highest BCUT2D eigenvalue weighted by atomic mass is 32.2. The molecule has 0 fully saturated rings. The molecule has 0 aromatic carbocycles. The summed E-state index contributed by atoms with van der Waals surface area (Å²) in [5, 5.41) is 0.546. The van der Waals surface area contributed by atoms with Crippen LogP contribution in [-0.4, -0.2) is 16.3 Å². The summed E-state index contributed by atoms with van der Waals surface area (Å²) in [6.45, 7) is 1.77. The van der Waals surface area contributed by atoms with Crippen LogP contribution in [0, 0.1) is 6.92 Å². The summed E-state index contributed by atoms with van der Waals surface area (Å²) in [5.41, 5.74) is 0.514. The highest BCUT2D eigenvalue weighted by Gasteiger charge is 2.04. The third-order valence-corrected chi connectivity index (χ3v) is 3.79. The number of H-pyrrole nitrogens is 1. The lowest BCUT2D eigenvalue weighted by Crippen LogP contribution is -2.07. The summed E-state index contributed by atoms with van der Waals surface area (Å²) in [5.74, 6) is 0. The predicted molar refractivity (Wildman–Crippen MR) is 63.4 cm³/mol. The average Bonchev–Trinajstić information content (AvgIpc) is 2.64. The third-order valence-electron chi connectivity index (χ3n) is 1.76. The number of thiophene rings is 1. The predicted octanol–water partition coefficient (Wildman–Crippen LogP) is 2.10. The molecule has 0 spiro atoms. The number of aldehydes is 1. The van der Waals surface area contributed by atoms with Gasteiger partial charge < -0.3 is 4.98 Å². The number of aryl methyl sites for hydroxylation is 1. The Kier molecular flexibility index (Phi) is 3.21. The molecule has 0 unspecified atom stereocenters. The van der Waals surface area contributed by atoms with Gasteiger partial charge >= 0.3 is 0 Å². The van der Waals surface area contributed by atoms with Crippen molar-refractivity contribution in [2.75, 3.05) is 0 Å². The van der Waals surface area contributed by atoms with Crippen molar-refractivity contribution in [2.24, 2.45) is 0 Å². The number of aromatic amines is 1. The molecular weight excluding hydrogens is 244 g/mol. The molecule has 2 heterocycles. The molecule has 0 aliphatic rings. The van der Waals surface area contributed by atoms with Crippen molar-refractivity contribution in [3.8, 4) is 0 Å². The van der Waals surface area contributed by atoms with Crippen LogP contribution in [0.3, 0.4) is 0 Å². The molecule has 0 bridgehead atoms. The Morgan fingerprint density at radius 1 is 1.50 bits per heavy atom. The number of rotatable bonds is 3. The molecule has 0 atom stereocenters. The highest BCUT2D eigenvalue weighted by Crippen LogP contribution is 2.30. The van der Waals surface area contributed by atoms with Gasteiger partial charge in [0.1, 0.15) is 0 Å². The Bertz CT molecular complexity index is 574. The SMILES string of the molecule is Cc1cc(=O)[nH]c(Sc2ccc(C=O)s2)n1. The van der Waals surface area contributed by atoms with Gasteiger partial charge in [-0.05, 0) is 30.8 Å². The molecule has 0 aliphatic carbocycles. The Hall–Kier alpha value is -1.40. The minimum atomic E-state index is -0.165. The molecule has 0 radical (unpaired) electrons. The first-order chi connectivity index (χ1) is 7.67. The summed E-state index contributed by atoms with van der Waals surface area (Å²) < 4.78 is 0.927. The largest absolute Gasteiger partial charge is 0.301 e. The number of carbonyl (C=O) groups excluding carboxylic acids is 1. The zero-order chi connectivity index (χ0) is 11.5. The zero-order valence-corrected chi connectivity index (χ0v) is 10.0. The third kappa shape index (κ3) is 2.59. The van der Waals surface area contributed by atoms with Gasteiger partial charge in [-0.1, -0.05) is 0 Å². The number of nitrogens with one attached hydrogen (secondary N) is 1. The van der Waals surface area contributed by atoms with E-state index in [1.54, 1.807) is 13.0 Å². The lowest BCUT2D eigenvalue weighted by molar-refractivity contribution is 0.112. The minimum absolute atomic E-state index is 0.165. The highest BCUT2D eigenvalue weighted by molar-refractivity contribution is 8.01. The fraction of sp³-hybridized carbons (Fsp3) is 0.100. The number of carbonyl (C=O) groups is 1. The fourth-order valence-electron chi connectivity index (χ4n) is 1.15.